The lowest BCUT2D eigenvalue weighted by molar-refractivity contribution is 0.0845. The number of rotatable bonds is 6. The Morgan fingerprint density at radius 2 is 2.18 bits per heavy atom. The number of thioether (sulfide) groups is 1. The number of nitrogens with one attached hydrogen (secondary N) is 1. The molecule has 1 rings (SSSR count). The maximum atomic E-state index is 12.9. The summed E-state index contributed by atoms with van der Waals surface area (Å²) in [6.07, 6.45) is 1.97. The summed E-state index contributed by atoms with van der Waals surface area (Å²) >= 11 is 1.62. The van der Waals surface area contributed by atoms with Gasteiger partial charge in [0.15, 0.2) is 0 Å². The summed E-state index contributed by atoms with van der Waals surface area (Å²) in [4.78, 5) is 0. The molecule has 0 heterocycles. The van der Waals surface area contributed by atoms with E-state index < -0.39 is 5.60 Å². The van der Waals surface area contributed by atoms with Crippen LogP contribution < -0.4 is 5.32 Å². The molecule has 0 saturated carbocycles. The summed E-state index contributed by atoms with van der Waals surface area (Å²) < 4.78 is 12.9. The molecule has 0 amide bonds. The van der Waals surface area contributed by atoms with Gasteiger partial charge in [0, 0.05) is 18.8 Å². The highest BCUT2D eigenvalue weighted by molar-refractivity contribution is 7.98. The van der Waals surface area contributed by atoms with Crippen LogP contribution in [-0.4, -0.2) is 29.3 Å². The number of hydrogen-bond donors (Lipinski definition) is 2. The Hall–Kier alpha value is -0.580. The van der Waals surface area contributed by atoms with Crippen molar-refractivity contribution < 1.29 is 9.50 Å². The zero-order valence-electron chi connectivity index (χ0n) is 10.6. The first-order valence-corrected chi connectivity index (χ1v) is 7.01. The fourth-order valence-corrected chi connectivity index (χ4v) is 2.41. The van der Waals surface area contributed by atoms with E-state index >= 15 is 0 Å². The van der Waals surface area contributed by atoms with Crippen molar-refractivity contribution in [2.24, 2.45) is 0 Å². The lowest BCUT2D eigenvalue weighted by Gasteiger charge is -2.22. The van der Waals surface area contributed by atoms with Crippen molar-refractivity contribution in [3.8, 4) is 0 Å². The minimum atomic E-state index is -0.701. The number of halogens is 1. The average molecular weight is 257 g/mol. The third-order valence-electron chi connectivity index (χ3n) is 2.58. The van der Waals surface area contributed by atoms with Crippen LogP contribution in [0, 0.1) is 12.7 Å². The van der Waals surface area contributed by atoms with Gasteiger partial charge in [-0.3, -0.25) is 0 Å². The van der Waals surface area contributed by atoms with E-state index in [0.717, 1.165) is 11.1 Å². The van der Waals surface area contributed by atoms with Gasteiger partial charge in [0.2, 0.25) is 0 Å². The Balaban J connectivity index is 2.46. The van der Waals surface area contributed by atoms with Crippen molar-refractivity contribution in [1.82, 2.24) is 5.32 Å². The highest BCUT2D eigenvalue weighted by atomic mass is 32.2. The van der Waals surface area contributed by atoms with Crippen molar-refractivity contribution >= 4 is 11.8 Å². The van der Waals surface area contributed by atoms with E-state index in [1.807, 2.05) is 20.1 Å². The summed E-state index contributed by atoms with van der Waals surface area (Å²) in [6, 6.07) is 4.77. The van der Waals surface area contributed by atoms with E-state index in [0.29, 0.717) is 18.8 Å². The first-order valence-electron chi connectivity index (χ1n) is 5.62. The van der Waals surface area contributed by atoms with Gasteiger partial charge in [-0.1, -0.05) is 6.07 Å². The molecule has 4 heteroatoms. The van der Waals surface area contributed by atoms with Gasteiger partial charge in [0.25, 0.3) is 0 Å². The SMILES string of the molecule is CSCC(C)(O)CNCc1ccc(F)cc1C. The predicted molar refractivity (Wildman–Crippen MR) is 71.8 cm³/mol. The van der Waals surface area contributed by atoms with E-state index in [2.05, 4.69) is 5.32 Å². The normalized spacial score (nSPS) is 14.6. The Bertz CT molecular complexity index is 368. The first-order chi connectivity index (χ1) is 7.94. The average Bonchev–Trinajstić information content (AvgIpc) is 2.21. The molecule has 0 radical (unpaired) electrons. The fourth-order valence-electron chi connectivity index (χ4n) is 1.69. The minimum Gasteiger partial charge on any atom is -0.388 e. The van der Waals surface area contributed by atoms with Gasteiger partial charge in [-0.25, -0.2) is 4.39 Å². The molecule has 2 N–H and O–H groups in total. The van der Waals surface area contributed by atoms with E-state index in [4.69, 9.17) is 0 Å². The molecule has 0 aliphatic rings. The van der Waals surface area contributed by atoms with E-state index in [1.165, 1.54) is 12.1 Å². The molecule has 17 heavy (non-hydrogen) atoms. The fraction of sp³-hybridized carbons (Fsp3) is 0.538. The molecule has 0 saturated heterocycles. The van der Waals surface area contributed by atoms with Crippen LogP contribution in [0.4, 0.5) is 4.39 Å². The van der Waals surface area contributed by atoms with Crippen LogP contribution >= 0.6 is 11.8 Å². The van der Waals surface area contributed by atoms with Crippen molar-refractivity contribution in [2.75, 3.05) is 18.6 Å². The monoisotopic (exact) mass is 257 g/mol. The molecule has 0 aromatic heterocycles. The van der Waals surface area contributed by atoms with Gasteiger partial charge < -0.3 is 10.4 Å². The van der Waals surface area contributed by atoms with Crippen LogP contribution in [0.1, 0.15) is 18.1 Å². The van der Waals surface area contributed by atoms with Gasteiger partial charge in [-0.2, -0.15) is 11.8 Å². The molecule has 1 unspecified atom stereocenters. The highest BCUT2D eigenvalue weighted by Gasteiger charge is 2.18. The minimum absolute atomic E-state index is 0.208. The van der Waals surface area contributed by atoms with Crippen molar-refractivity contribution in [1.29, 1.82) is 0 Å². The summed E-state index contributed by atoms with van der Waals surface area (Å²) in [5, 5.41) is 13.2. The number of benzene rings is 1. The molecule has 1 aromatic carbocycles. The molecular weight excluding hydrogens is 237 g/mol. The maximum Gasteiger partial charge on any atom is 0.123 e. The van der Waals surface area contributed by atoms with Gasteiger partial charge in [-0.05, 0) is 43.4 Å². The Kier molecular flexibility index (Phi) is 5.43. The molecule has 1 atom stereocenters. The van der Waals surface area contributed by atoms with Gasteiger partial charge in [0.1, 0.15) is 5.82 Å². The largest absolute Gasteiger partial charge is 0.388 e. The summed E-state index contributed by atoms with van der Waals surface area (Å²) in [6.45, 7) is 4.88. The smallest absolute Gasteiger partial charge is 0.123 e. The molecule has 1 aromatic rings. The van der Waals surface area contributed by atoms with Gasteiger partial charge >= 0.3 is 0 Å². The zero-order valence-corrected chi connectivity index (χ0v) is 11.4. The summed E-state index contributed by atoms with van der Waals surface area (Å²) in [5.74, 6) is 0.489. The van der Waals surface area contributed by atoms with Crippen molar-refractivity contribution in [2.45, 2.75) is 26.0 Å². The quantitative estimate of drug-likeness (QED) is 0.820. The third kappa shape index (κ3) is 5.06. The maximum absolute atomic E-state index is 12.9. The van der Waals surface area contributed by atoms with Crippen LogP contribution in [0.25, 0.3) is 0 Å². The molecular formula is C13H20FNOS. The zero-order chi connectivity index (χ0) is 12.9. The second-order valence-electron chi connectivity index (χ2n) is 4.60. The molecule has 2 nitrogen and oxygen atoms in total. The molecule has 96 valence electrons. The van der Waals surface area contributed by atoms with E-state index in [-0.39, 0.29) is 5.82 Å². The number of hydrogen-bond acceptors (Lipinski definition) is 3. The van der Waals surface area contributed by atoms with Crippen LogP contribution in [0.2, 0.25) is 0 Å². The lowest BCUT2D eigenvalue weighted by Crippen LogP contribution is -2.39. The molecule has 0 fully saturated rings. The Labute approximate surface area is 107 Å². The van der Waals surface area contributed by atoms with Gasteiger partial charge in [0.05, 0.1) is 5.60 Å². The van der Waals surface area contributed by atoms with Crippen LogP contribution in [0.15, 0.2) is 18.2 Å². The molecule has 0 aliphatic carbocycles. The van der Waals surface area contributed by atoms with Crippen molar-refractivity contribution in [3.05, 3.63) is 35.1 Å². The standard InChI is InChI=1S/C13H20FNOS/c1-10-6-12(14)5-4-11(10)7-15-8-13(2,16)9-17-3/h4-6,15-16H,7-9H2,1-3H3. The van der Waals surface area contributed by atoms with E-state index in [9.17, 15) is 9.50 Å². The van der Waals surface area contributed by atoms with Crippen LogP contribution in [0.3, 0.4) is 0 Å². The topological polar surface area (TPSA) is 32.3 Å². The predicted octanol–water partition coefficient (Wildman–Crippen LogP) is 2.34. The second kappa shape index (κ2) is 6.38. The van der Waals surface area contributed by atoms with E-state index in [1.54, 1.807) is 17.8 Å². The second-order valence-corrected chi connectivity index (χ2v) is 5.47. The third-order valence-corrected chi connectivity index (χ3v) is 3.49. The Morgan fingerprint density at radius 1 is 1.47 bits per heavy atom. The number of aliphatic hydroxyl groups is 1. The van der Waals surface area contributed by atoms with Crippen LogP contribution in [-0.2, 0) is 6.54 Å². The highest BCUT2D eigenvalue weighted by Crippen LogP contribution is 2.12. The molecule has 0 spiro atoms. The Morgan fingerprint density at radius 3 is 2.76 bits per heavy atom. The van der Waals surface area contributed by atoms with Gasteiger partial charge in [-0.15, -0.1) is 0 Å². The first kappa shape index (κ1) is 14.5. The molecule has 0 aliphatic heterocycles. The summed E-state index contributed by atoms with van der Waals surface area (Å²) in [5.41, 5.74) is 1.29. The molecule has 0 bridgehead atoms. The van der Waals surface area contributed by atoms with Crippen LogP contribution in [0.5, 0.6) is 0 Å². The summed E-state index contributed by atoms with van der Waals surface area (Å²) in [7, 11) is 0. The lowest BCUT2D eigenvalue weighted by atomic mass is 10.1. The number of aryl methyl sites for hydroxylation is 1. The van der Waals surface area contributed by atoms with Crippen molar-refractivity contribution in [3.63, 3.8) is 0 Å².